The molecule has 1 aromatic rings. The van der Waals surface area contributed by atoms with Crippen LogP contribution in [0.25, 0.3) is 0 Å². The van der Waals surface area contributed by atoms with E-state index in [4.69, 9.17) is 9.57 Å². The molecule has 0 aliphatic carbocycles. The minimum absolute atomic E-state index is 0.328. The van der Waals surface area contributed by atoms with E-state index in [1.807, 2.05) is 38.1 Å². The third-order valence-electron chi connectivity index (χ3n) is 2.99. The number of hydrogen-bond donors (Lipinski definition) is 0. The van der Waals surface area contributed by atoms with Crippen molar-refractivity contribution in [3.05, 3.63) is 35.4 Å². The van der Waals surface area contributed by atoms with Crippen LogP contribution in [0.5, 0.6) is 0 Å². The van der Waals surface area contributed by atoms with E-state index >= 15 is 0 Å². The van der Waals surface area contributed by atoms with Gasteiger partial charge in [0.25, 0.3) is 5.60 Å². The fourth-order valence-corrected chi connectivity index (χ4v) is 2.03. The second-order valence-corrected chi connectivity index (χ2v) is 4.51. The highest BCUT2D eigenvalue weighted by molar-refractivity contribution is 5.93. The zero-order chi connectivity index (χ0) is 13.2. The first kappa shape index (κ1) is 12.6. The van der Waals surface area contributed by atoms with Gasteiger partial charge in [0.2, 0.25) is 0 Å². The molecule has 1 aromatic carbocycles. The number of aryl methyl sites for hydroxylation is 1. The Morgan fingerprint density at radius 2 is 2.06 bits per heavy atom. The van der Waals surface area contributed by atoms with Crippen molar-refractivity contribution >= 4 is 11.7 Å². The van der Waals surface area contributed by atoms with Gasteiger partial charge in [0.1, 0.15) is 0 Å². The summed E-state index contributed by atoms with van der Waals surface area (Å²) in [5.41, 5.74) is 1.61. The molecule has 0 fully saturated rings. The van der Waals surface area contributed by atoms with Gasteiger partial charge in [0.15, 0.2) is 0 Å². The highest BCUT2D eigenvalue weighted by Crippen LogP contribution is 2.36. The molecule has 1 heterocycles. The van der Waals surface area contributed by atoms with Gasteiger partial charge in [0.05, 0.1) is 12.3 Å². The number of nitrogens with zero attached hydrogens (tertiary/aromatic N) is 1. The average molecular weight is 247 g/mol. The number of rotatable bonds is 3. The van der Waals surface area contributed by atoms with E-state index in [0.717, 1.165) is 16.8 Å². The number of esters is 1. The summed E-state index contributed by atoms with van der Waals surface area (Å²) in [6, 6.07) is 7.68. The maximum absolute atomic E-state index is 12.2. The van der Waals surface area contributed by atoms with E-state index in [9.17, 15) is 4.79 Å². The molecule has 4 nitrogen and oxygen atoms in total. The van der Waals surface area contributed by atoms with Gasteiger partial charge in [-0.05, 0) is 20.8 Å². The third kappa shape index (κ3) is 2.10. The molecule has 0 unspecified atom stereocenters. The van der Waals surface area contributed by atoms with Gasteiger partial charge >= 0.3 is 5.97 Å². The number of ether oxygens (including phenoxy) is 1. The van der Waals surface area contributed by atoms with Crippen LogP contribution in [0, 0.1) is 6.92 Å². The number of benzene rings is 1. The standard InChI is InChI=1S/C14H17NO3/c1-4-17-13(16)14(9-11(3)15-18-14)12-7-5-10(2)6-8-12/h5-8H,4,9H2,1-3H3/t14-/m0/s1. The molecule has 96 valence electrons. The molecule has 1 atom stereocenters. The quantitative estimate of drug-likeness (QED) is 0.771. The summed E-state index contributed by atoms with van der Waals surface area (Å²) in [7, 11) is 0. The van der Waals surface area contributed by atoms with Gasteiger partial charge < -0.3 is 9.57 Å². The zero-order valence-corrected chi connectivity index (χ0v) is 10.9. The minimum Gasteiger partial charge on any atom is -0.463 e. The lowest BCUT2D eigenvalue weighted by atomic mass is 9.89. The molecule has 4 heteroatoms. The van der Waals surface area contributed by atoms with Gasteiger partial charge in [-0.25, -0.2) is 4.79 Å². The fourth-order valence-electron chi connectivity index (χ4n) is 2.03. The molecule has 0 saturated carbocycles. The average Bonchev–Trinajstić information content (AvgIpc) is 2.74. The van der Waals surface area contributed by atoms with E-state index in [1.54, 1.807) is 6.92 Å². The van der Waals surface area contributed by atoms with Crippen molar-refractivity contribution in [3.8, 4) is 0 Å². The summed E-state index contributed by atoms with van der Waals surface area (Å²) in [6.45, 7) is 5.95. The summed E-state index contributed by atoms with van der Waals surface area (Å²) in [6.07, 6.45) is 0.439. The largest absolute Gasteiger partial charge is 0.463 e. The van der Waals surface area contributed by atoms with Gasteiger partial charge in [-0.3, -0.25) is 0 Å². The number of carbonyl (C=O) groups excluding carboxylic acids is 1. The number of carbonyl (C=O) groups is 1. The van der Waals surface area contributed by atoms with Crippen LogP contribution in [0.2, 0.25) is 0 Å². The van der Waals surface area contributed by atoms with E-state index in [0.29, 0.717) is 13.0 Å². The van der Waals surface area contributed by atoms with Gasteiger partial charge in [-0.15, -0.1) is 0 Å². The lowest BCUT2D eigenvalue weighted by Crippen LogP contribution is -2.37. The Balaban J connectivity index is 2.37. The van der Waals surface area contributed by atoms with Crippen LogP contribution in [0.15, 0.2) is 29.4 Å². The molecule has 0 bridgehead atoms. The lowest BCUT2D eigenvalue weighted by Gasteiger charge is -2.24. The van der Waals surface area contributed by atoms with Crippen molar-refractivity contribution in [3.63, 3.8) is 0 Å². The van der Waals surface area contributed by atoms with E-state index in [-0.39, 0.29) is 5.97 Å². The molecule has 2 rings (SSSR count). The summed E-state index contributed by atoms with van der Waals surface area (Å²) in [4.78, 5) is 17.6. The Hall–Kier alpha value is -1.84. The molecule has 1 aliphatic heterocycles. The molecular formula is C14H17NO3. The zero-order valence-electron chi connectivity index (χ0n) is 10.9. The second kappa shape index (κ2) is 4.80. The Morgan fingerprint density at radius 3 is 2.56 bits per heavy atom. The molecule has 18 heavy (non-hydrogen) atoms. The van der Waals surface area contributed by atoms with Crippen LogP contribution in [-0.2, 0) is 20.0 Å². The maximum Gasteiger partial charge on any atom is 0.358 e. The predicted molar refractivity (Wildman–Crippen MR) is 68.3 cm³/mol. The maximum atomic E-state index is 12.2. The first-order chi connectivity index (χ1) is 8.58. The molecular weight excluding hydrogens is 230 g/mol. The van der Waals surface area contributed by atoms with Crippen molar-refractivity contribution < 1.29 is 14.4 Å². The molecule has 0 spiro atoms. The van der Waals surface area contributed by atoms with Crippen molar-refractivity contribution in [2.24, 2.45) is 5.16 Å². The van der Waals surface area contributed by atoms with Crippen molar-refractivity contribution in [1.29, 1.82) is 0 Å². The van der Waals surface area contributed by atoms with E-state index < -0.39 is 5.60 Å². The number of oxime groups is 1. The second-order valence-electron chi connectivity index (χ2n) is 4.51. The fraction of sp³-hybridized carbons (Fsp3) is 0.429. The molecule has 0 aromatic heterocycles. The minimum atomic E-state index is -1.10. The summed E-state index contributed by atoms with van der Waals surface area (Å²) in [5, 5.41) is 3.91. The van der Waals surface area contributed by atoms with Gasteiger partial charge in [-0.1, -0.05) is 35.0 Å². The van der Waals surface area contributed by atoms with Crippen molar-refractivity contribution in [2.45, 2.75) is 32.8 Å². The lowest BCUT2D eigenvalue weighted by molar-refractivity contribution is -0.170. The summed E-state index contributed by atoms with van der Waals surface area (Å²) >= 11 is 0. The molecule has 0 amide bonds. The molecule has 0 N–H and O–H groups in total. The van der Waals surface area contributed by atoms with Crippen molar-refractivity contribution in [1.82, 2.24) is 0 Å². The van der Waals surface area contributed by atoms with Crippen molar-refractivity contribution in [2.75, 3.05) is 6.61 Å². The SMILES string of the molecule is CCOC(=O)[C@@]1(c2ccc(C)cc2)CC(C)=NO1. The van der Waals surface area contributed by atoms with Crippen LogP contribution in [0.1, 0.15) is 31.4 Å². The molecule has 1 aliphatic rings. The van der Waals surface area contributed by atoms with Crippen LogP contribution >= 0.6 is 0 Å². The summed E-state index contributed by atoms with van der Waals surface area (Å²) in [5.74, 6) is -0.380. The van der Waals surface area contributed by atoms with Crippen LogP contribution in [0.4, 0.5) is 0 Å². The molecule has 0 radical (unpaired) electrons. The monoisotopic (exact) mass is 247 g/mol. The Morgan fingerprint density at radius 1 is 1.39 bits per heavy atom. The molecule has 0 saturated heterocycles. The predicted octanol–water partition coefficient (Wildman–Crippen LogP) is 2.55. The van der Waals surface area contributed by atoms with E-state index in [1.165, 1.54) is 0 Å². The van der Waals surface area contributed by atoms with Crippen LogP contribution in [-0.4, -0.2) is 18.3 Å². The topological polar surface area (TPSA) is 47.9 Å². The van der Waals surface area contributed by atoms with Crippen LogP contribution < -0.4 is 0 Å². The Labute approximate surface area is 107 Å². The first-order valence-corrected chi connectivity index (χ1v) is 6.04. The normalized spacial score (nSPS) is 22.3. The highest BCUT2D eigenvalue weighted by Gasteiger charge is 2.48. The third-order valence-corrected chi connectivity index (χ3v) is 2.99. The van der Waals surface area contributed by atoms with E-state index in [2.05, 4.69) is 5.16 Å². The smallest absolute Gasteiger partial charge is 0.358 e. The van der Waals surface area contributed by atoms with Crippen LogP contribution in [0.3, 0.4) is 0 Å². The van der Waals surface area contributed by atoms with Gasteiger partial charge in [-0.2, -0.15) is 0 Å². The summed E-state index contributed by atoms with van der Waals surface area (Å²) < 4.78 is 5.12. The highest BCUT2D eigenvalue weighted by atomic mass is 16.7. The Bertz CT molecular complexity index is 478. The Kier molecular flexibility index (Phi) is 3.36. The first-order valence-electron chi connectivity index (χ1n) is 6.04. The number of hydrogen-bond acceptors (Lipinski definition) is 4. The van der Waals surface area contributed by atoms with Gasteiger partial charge in [0, 0.05) is 12.0 Å².